The minimum atomic E-state index is 0.0611. The van der Waals surface area contributed by atoms with Crippen LogP contribution in [0.4, 0.5) is 0 Å². The Morgan fingerprint density at radius 1 is 1.50 bits per heavy atom. The van der Waals surface area contributed by atoms with Crippen LogP contribution in [0.25, 0.3) is 0 Å². The molecule has 0 bridgehead atoms. The van der Waals surface area contributed by atoms with Crippen molar-refractivity contribution in [1.82, 2.24) is 10.2 Å². The van der Waals surface area contributed by atoms with Crippen molar-refractivity contribution in [3.63, 3.8) is 0 Å². The van der Waals surface area contributed by atoms with Gasteiger partial charge < -0.3 is 14.8 Å². The zero-order valence-corrected chi connectivity index (χ0v) is 11.6. The predicted molar refractivity (Wildman–Crippen MR) is 74.6 cm³/mol. The van der Waals surface area contributed by atoms with Crippen LogP contribution in [0.5, 0.6) is 5.75 Å². The first-order chi connectivity index (χ1) is 9.81. The smallest absolute Gasteiger partial charge is 0.136 e. The van der Waals surface area contributed by atoms with E-state index in [2.05, 4.69) is 16.3 Å². The molecule has 20 heavy (non-hydrogen) atoms. The Hall–Kier alpha value is -1.61. The summed E-state index contributed by atoms with van der Waals surface area (Å²) in [6.45, 7) is 4.77. The number of fused-ring (bicyclic) bond motifs is 1. The molecule has 1 aromatic rings. The molecular formula is C15H19N3O2. The van der Waals surface area contributed by atoms with E-state index in [1.807, 2.05) is 12.1 Å². The molecule has 2 saturated heterocycles. The number of nitriles is 1. The molecule has 0 aliphatic carbocycles. The van der Waals surface area contributed by atoms with Gasteiger partial charge in [0.15, 0.2) is 0 Å². The largest absolute Gasteiger partial charge is 0.495 e. The Balaban J connectivity index is 1.78. The van der Waals surface area contributed by atoms with Crippen LogP contribution in [0.3, 0.4) is 0 Å². The fourth-order valence-electron chi connectivity index (χ4n) is 2.90. The molecule has 2 aliphatic rings. The molecule has 0 amide bonds. The molecule has 106 valence electrons. The molecule has 0 radical (unpaired) electrons. The molecule has 5 heteroatoms. The highest BCUT2D eigenvalue weighted by molar-refractivity contribution is 5.45. The Kier molecular flexibility index (Phi) is 3.88. The lowest BCUT2D eigenvalue weighted by Crippen LogP contribution is -2.57. The highest BCUT2D eigenvalue weighted by Gasteiger charge is 2.31. The summed E-state index contributed by atoms with van der Waals surface area (Å²) in [7, 11) is 1.59. The monoisotopic (exact) mass is 273 g/mol. The second kappa shape index (κ2) is 5.80. The van der Waals surface area contributed by atoms with Gasteiger partial charge in [0.2, 0.25) is 0 Å². The van der Waals surface area contributed by atoms with E-state index in [-0.39, 0.29) is 6.10 Å². The van der Waals surface area contributed by atoms with Gasteiger partial charge in [-0.25, -0.2) is 0 Å². The number of hydrogen-bond donors (Lipinski definition) is 1. The number of rotatable bonds is 2. The van der Waals surface area contributed by atoms with Crippen LogP contribution in [0.1, 0.15) is 17.2 Å². The van der Waals surface area contributed by atoms with Crippen molar-refractivity contribution in [3.05, 3.63) is 29.3 Å². The third-order valence-corrected chi connectivity index (χ3v) is 4.08. The number of morpholine rings is 1. The molecule has 0 unspecified atom stereocenters. The molecule has 0 aromatic heterocycles. The molecular weight excluding hydrogens is 254 g/mol. The number of methoxy groups -OCH3 is 1. The van der Waals surface area contributed by atoms with Gasteiger partial charge in [-0.1, -0.05) is 6.07 Å². The average Bonchev–Trinajstić information content (AvgIpc) is 2.53. The van der Waals surface area contributed by atoms with E-state index in [4.69, 9.17) is 14.7 Å². The maximum absolute atomic E-state index is 9.03. The summed E-state index contributed by atoms with van der Waals surface area (Å²) in [5, 5.41) is 12.4. The second-order valence-electron chi connectivity index (χ2n) is 5.25. The first-order valence-corrected chi connectivity index (χ1v) is 6.96. The topological polar surface area (TPSA) is 57.5 Å². The molecule has 2 atom stereocenters. The zero-order chi connectivity index (χ0) is 13.9. The predicted octanol–water partition coefficient (Wildman–Crippen LogP) is 0.912. The summed E-state index contributed by atoms with van der Waals surface area (Å²) >= 11 is 0. The zero-order valence-electron chi connectivity index (χ0n) is 11.6. The van der Waals surface area contributed by atoms with Gasteiger partial charge in [0.25, 0.3) is 0 Å². The second-order valence-corrected chi connectivity index (χ2v) is 5.25. The lowest BCUT2D eigenvalue weighted by molar-refractivity contribution is -0.0718. The maximum atomic E-state index is 9.03. The van der Waals surface area contributed by atoms with E-state index in [0.717, 1.165) is 38.3 Å². The van der Waals surface area contributed by atoms with Gasteiger partial charge >= 0.3 is 0 Å². The third kappa shape index (κ3) is 2.50. The standard InChI is InChI=1S/C15H19N3O2/c1-19-14-6-11(2-3-12(14)7-16)15-9-18-5-4-17-8-13(18)10-20-15/h2-3,6,13,15,17H,4-5,8-10H2,1H3/t13-,15+/m1/s1. The number of piperazine rings is 1. The Morgan fingerprint density at radius 2 is 2.40 bits per heavy atom. The summed E-state index contributed by atoms with van der Waals surface area (Å²) in [4.78, 5) is 2.48. The Morgan fingerprint density at radius 3 is 3.20 bits per heavy atom. The maximum Gasteiger partial charge on any atom is 0.136 e. The number of nitrogens with zero attached hydrogens (tertiary/aromatic N) is 2. The molecule has 2 aliphatic heterocycles. The molecule has 3 rings (SSSR count). The van der Waals surface area contributed by atoms with Crippen molar-refractivity contribution in [2.45, 2.75) is 12.1 Å². The summed E-state index contributed by atoms with van der Waals surface area (Å²) in [6, 6.07) is 8.32. The lowest BCUT2D eigenvalue weighted by atomic mass is 10.0. The van der Waals surface area contributed by atoms with E-state index >= 15 is 0 Å². The summed E-state index contributed by atoms with van der Waals surface area (Å²) in [6.07, 6.45) is 0.0611. The molecule has 0 saturated carbocycles. The van der Waals surface area contributed by atoms with Crippen molar-refractivity contribution >= 4 is 0 Å². The number of nitrogens with one attached hydrogen (secondary N) is 1. The van der Waals surface area contributed by atoms with Crippen LogP contribution >= 0.6 is 0 Å². The molecule has 0 spiro atoms. The first kappa shape index (κ1) is 13.4. The molecule has 2 heterocycles. The Bertz CT molecular complexity index is 526. The van der Waals surface area contributed by atoms with Gasteiger partial charge in [0.05, 0.1) is 25.4 Å². The first-order valence-electron chi connectivity index (χ1n) is 6.96. The van der Waals surface area contributed by atoms with Gasteiger partial charge in [-0.3, -0.25) is 4.90 Å². The van der Waals surface area contributed by atoms with Crippen LogP contribution in [0.15, 0.2) is 18.2 Å². The minimum absolute atomic E-state index is 0.0611. The fraction of sp³-hybridized carbons (Fsp3) is 0.533. The highest BCUT2D eigenvalue weighted by atomic mass is 16.5. The van der Waals surface area contributed by atoms with Crippen LogP contribution < -0.4 is 10.1 Å². The molecule has 2 fully saturated rings. The van der Waals surface area contributed by atoms with E-state index in [1.54, 1.807) is 13.2 Å². The summed E-state index contributed by atoms with van der Waals surface area (Å²) < 4.78 is 11.3. The van der Waals surface area contributed by atoms with Gasteiger partial charge in [-0.2, -0.15) is 5.26 Å². The number of ether oxygens (including phenoxy) is 2. The van der Waals surface area contributed by atoms with E-state index in [9.17, 15) is 0 Å². The van der Waals surface area contributed by atoms with Crippen molar-refractivity contribution in [3.8, 4) is 11.8 Å². The van der Waals surface area contributed by atoms with Gasteiger partial charge in [-0.15, -0.1) is 0 Å². The highest BCUT2D eigenvalue weighted by Crippen LogP contribution is 2.29. The SMILES string of the molecule is COc1cc([C@@H]2CN3CCNC[C@@H]3CO2)ccc1C#N. The van der Waals surface area contributed by atoms with Crippen LogP contribution in [0, 0.1) is 11.3 Å². The van der Waals surface area contributed by atoms with Crippen molar-refractivity contribution in [1.29, 1.82) is 5.26 Å². The van der Waals surface area contributed by atoms with E-state index in [1.165, 1.54) is 0 Å². The van der Waals surface area contributed by atoms with Gasteiger partial charge in [0, 0.05) is 32.2 Å². The van der Waals surface area contributed by atoms with Crippen molar-refractivity contribution in [2.24, 2.45) is 0 Å². The molecule has 1 N–H and O–H groups in total. The molecule has 5 nitrogen and oxygen atoms in total. The van der Waals surface area contributed by atoms with Gasteiger partial charge in [-0.05, 0) is 17.7 Å². The van der Waals surface area contributed by atoms with Crippen LogP contribution in [-0.2, 0) is 4.74 Å². The van der Waals surface area contributed by atoms with Crippen LogP contribution in [-0.4, -0.2) is 50.8 Å². The average molecular weight is 273 g/mol. The van der Waals surface area contributed by atoms with Crippen molar-refractivity contribution in [2.75, 3.05) is 39.9 Å². The lowest BCUT2D eigenvalue weighted by Gasteiger charge is -2.42. The summed E-state index contributed by atoms with van der Waals surface area (Å²) in [5.74, 6) is 0.621. The van der Waals surface area contributed by atoms with E-state index in [0.29, 0.717) is 17.4 Å². The number of hydrogen-bond acceptors (Lipinski definition) is 5. The van der Waals surface area contributed by atoms with Crippen LogP contribution in [0.2, 0.25) is 0 Å². The Labute approximate surface area is 119 Å². The fourth-order valence-corrected chi connectivity index (χ4v) is 2.90. The van der Waals surface area contributed by atoms with Crippen molar-refractivity contribution < 1.29 is 9.47 Å². The quantitative estimate of drug-likeness (QED) is 0.868. The molecule has 1 aromatic carbocycles. The minimum Gasteiger partial charge on any atom is -0.495 e. The number of benzene rings is 1. The normalized spacial score (nSPS) is 26.6. The third-order valence-electron chi connectivity index (χ3n) is 4.08. The van der Waals surface area contributed by atoms with Gasteiger partial charge in [0.1, 0.15) is 11.8 Å². The summed E-state index contributed by atoms with van der Waals surface area (Å²) in [5.41, 5.74) is 1.64. The van der Waals surface area contributed by atoms with E-state index < -0.39 is 0 Å².